The molecule has 0 radical (unpaired) electrons. The first-order valence-corrected chi connectivity index (χ1v) is 8.52. The number of hydrogen-bond donors (Lipinski definition) is 2. The second kappa shape index (κ2) is 6.65. The van der Waals surface area contributed by atoms with Crippen molar-refractivity contribution >= 4 is 35.1 Å². The highest BCUT2D eigenvalue weighted by molar-refractivity contribution is 6.30. The van der Waals surface area contributed by atoms with Crippen LogP contribution in [0.25, 0.3) is 5.70 Å². The average molecular weight is 366 g/mol. The number of aromatic nitrogens is 3. The molecule has 1 aliphatic rings. The lowest BCUT2D eigenvalue weighted by Crippen LogP contribution is -2.20. The van der Waals surface area contributed by atoms with Crippen molar-refractivity contribution in [1.82, 2.24) is 14.8 Å². The molecule has 0 fully saturated rings. The van der Waals surface area contributed by atoms with E-state index in [9.17, 15) is 4.79 Å². The van der Waals surface area contributed by atoms with Crippen LogP contribution in [0.2, 0.25) is 5.02 Å². The summed E-state index contributed by atoms with van der Waals surface area (Å²) in [5, 5.41) is 11.0. The Hall–Kier alpha value is -3.12. The lowest BCUT2D eigenvalue weighted by atomic mass is 10.0. The molecule has 0 aliphatic carbocycles. The number of halogens is 1. The average Bonchev–Trinajstić information content (AvgIpc) is 3.03. The van der Waals surface area contributed by atoms with Crippen molar-refractivity contribution in [3.05, 3.63) is 76.8 Å². The SMILES string of the molecule is CC(=O)Nc1nc2n(n1)[C@@H](c1ccccc1)C=C(c1ccc(Cl)cc1)N2. The van der Waals surface area contributed by atoms with Gasteiger partial charge in [-0.15, -0.1) is 5.10 Å². The second-order valence-electron chi connectivity index (χ2n) is 5.95. The van der Waals surface area contributed by atoms with Crippen LogP contribution in [0.3, 0.4) is 0 Å². The molecule has 0 saturated heterocycles. The number of allylic oxidation sites excluding steroid dienone is 1. The third-order valence-electron chi connectivity index (χ3n) is 4.05. The maximum Gasteiger partial charge on any atom is 0.250 e. The Morgan fingerprint density at radius 1 is 1.15 bits per heavy atom. The van der Waals surface area contributed by atoms with Crippen molar-refractivity contribution in [2.75, 3.05) is 10.6 Å². The molecule has 1 aliphatic heterocycles. The van der Waals surface area contributed by atoms with E-state index in [0.29, 0.717) is 11.0 Å². The normalized spacial score (nSPS) is 15.6. The topological polar surface area (TPSA) is 71.8 Å². The molecule has 0 spiro atoms. The molecule has 3 aromatic rings. The zero-order chi connectivity index (χ0) is 18.1. The first-order valence-electron chi connectivity index (χ1n) is 8.14. The molecule has 1 amide bonds. The van der Waals surface area contributed by atoms with Crippen molar-refractivity contribution in [3.8, 4) is 0 Å². The summed E-state index contributed by atoms with van der Waals surface area (Å²) in [5.41, 5.74) is 2.97. The minimum absolute atomic E-state index is 0.145. The number of benzene rings is 2. The van der Waals surface area contributed by atoms with Gasteiger partial charge in [-0.05, 0) is 29.3 Å². The number of carbonyl (C=O) groups excluding carboxylic acids is 1. The molecular weight excluding hydrogens is 350 g/mol. The fraction of sp³-hybridized carbons (Fsp3) is 0.105. The maximum atomic E-state index is 11.3. The van der Waals surface area contributed by atoms with Crippen molar-refractivity contribution < 1.29 is 4.79 Å². The Bertz CT molecular complexity index is 979. The van der Waals surface area contributed by atoms with Gasteiger partial charge in [0.1, 0.15) is 6.04 Å². The van der Waals surface area contributed by atoms with Crippen LogP contribution in [-0.2, 0) is 4.79 Å². The van der Waals surface area contributed by atoms with Crippen molar-refractivity contribution in [2.45, 2.75) is 13.0 Å². The molecule has 0 saturated carbocycles. The number of anilines is 2. The Balaban J connectivity index is 1.79. The highest BCUT2D eigenvalue weighted by atomic mass is 35.5. The molecule has 2 N–H and O–H groups in total. The van der Waals surface area contributed by atoms with E-state index in [4.69, 9.17) is 11.6 Å². The summed E-state index contributed by atoms with van der Waals surface area (Å²) in [7, 11) is 0. The van der Waals surface area contributed by atoms with Gasteiger partial charge in [-0.1, -0.05) is 54.1 Å². The molecule has 6 nitrogen and oxygen atoms in total. The van der Waals surface area contributed by atoms with Gasteiger partial charge in [0.15, 0.2) is 0 Å². The number of nitrogens with zero attached hydrogens (tertiary/aromatic N) is 3. The van der Waals surface area contributed by atoms with Gasteiger partial charge >= 0.3 is 0 Å². The van der Waals surface area contributed by atoms with Crippen LogP contribution in [0, 0.1) is 0 Å². The molecule has 0 unspecified atom stereocenters. The number of amides is 1. The molecule has 2 aromatic carbocycles. The maximum absolute atomic E-state index is 11.3. The lowest BCUT2D eigenvalue weighted by molar-refractivity contribution is -0.114. The number of fused-ring (bicyclic) bond motifs is 1. The van der Waals surface area contributed by atoms with Gasteiger partial charge < -0.3 is 5.32 Å². The van der Waals surface area contributed by atoms with Crippen LogP contribution in [0.1, 0.15) is 24.1 Å². The number of rotatable bonds is 3. The zero-order valence-electron chi connectivity index (χ0n) is 14.0. The summed E-state index contributed by atoms with van der Waals surface area (Å²) in [6.07, 6.45) is 2.08. The van der Waals surface area contributed by atoms with E-state index < -0.39 is 0 Å². The molecular formula is C19H16ClN5O. The van der Waals surface area contributed by atoms with Gasteiger partial charge in [0, 0.05) is 17.6 Å². The van der Waals surface area contributed by atoms with E-state index in [2.05, 4.69) is 26.8 Å². The van der Waals surface area contributed by atoms with Crippen LogP contribution >= 0.6 is 11.6 Å². The summed E-state index contributed by atoms with van der Waals surface area (Å²) in [6, 6.07) is 17.5. The standard InChI is InChI=1S/C19H16ClN5O/c1-12(26)21-18-23-19-22-16(13-7-9-15(20)10-8-13)11-17(25(19)24-18)14-5-3-2-4-6-14/h2-11,17H,1H3,(H2,21,22,23,24,26)/t17-/m1/s1. The quantitative estimate of drug-likeness (QED) is 0.737. The lowest BCUT2D eigenvalue weighted by Gasteiger charge is -2.24. The van der Waals surface area contributed by atoms with Crippen LogP contribution in [-0.4, -0.2) is 20.7 Å². The number of nitrogens with one attached hydrogen (secondary N) is 2. The Labute approximate surface area is 155 Å². The zero-order valence-corrected chi connectivity index (χ0v) is 14.7. The largest absolute Gasteiger partial charge is 0.324 e. The first-order chi connectivity index (χ1) is 12.6. The highest BCUT2D eigenvalue weighted by Crippen LogP contribution is 2.33. The van der Waals surface area contributed by atoms with Crippen LogP contribution < -0.4 is 10.6 Å². The van der Waals surface area contributed by atoms with E-state index in [-0.39, 0.29) is 17.9 Å². The predicted molar refractivity (Wildman–Crippen MR) is 102 cm³/mol. The number of carbonyl (C=O) groups is 1. The molecule has 4 rings (SSSR count). The predicted octanol–water partition coefficient (Wildman–Crippen LogP) is 3.95. The van der Waals surface area contributed by atoms with Crippen molar-refractivity contribution in [3.63, 3.8) is 0 Å². The third kappa shape index (κ3) is 3.19. The van der Waals surface area contributed by atoms with Gasteiger partial charge in [-0.2, -0.15) is 4.98 Å². The molecule has 1 atom stereocenters. The second-order valence-corrected chi connectivity index (χ2v) is 6.39. The molecule has 2 heterocycles. The molecule has 130 valence electrons. The van der Waals surface area contributed by atoms with Crippen LogP contribution in [0.15, 0.2) is 60.7 Å². The third-order valence-corrected chi connectivity index (χ3v) is 4.30. The summed E-state index contributed by atoms with van der Waals surface area (Å²) in [6.45, 7) is 1.43. The van der Waals surface area contributed by atoms with Gasteiger partial charge in [-0.25, -0.2) is 4.68 Å². The minimum Gasteiger partial charge on any atom is -0.324 e. The van der Waals surface area contributed by atoms with Gasteiger partial charge in [0.05, 0.1) is 0 Å². The van der Waals surface area contributed by atoms with Crippen LogP contribution in [0.5, 0.6) is 0 Å². The fourth-order valence-corrected chi connectivity index (χ4v) is 3.01. The van der Waals surface area contributed by atoms with Gasteiger partial charge in [0.2, 0.25) is 11.9 Å². The summed E-state index contributed by atoms with van der Waals surface area (Å²) in [4.78, 5) is 15.8. The Morgan fingerprint density at radius 3 is 2.58 bits per heavy atom. The molecule has 7 heteroatoms. The van der Waals surface area contributed by atoms with E-state index in [1.165, 1.54) is 6.92 Å². The highest BCUT2D eigenvalue weighted by Gasteiger charge is 2.25. The summed E-state index contributed by atoms with van der Waals surface area (Å²) >= 11 is 6.00. The van der Waals surface area contributed by atoms with E-state index in [1.54, 1.807) is 4.68 Å². The Kier molecular flexibility index (Phi) is 4.18. The van der Waals surface area contributed by atoms with Crippen molar-refractivity contribution in [2.24, 2.45) is 0 Å². The van der Waals surface area contributed by atoms with Gasteiger partial charge in [0.25, 0.3) is 5.95 Å². The monoisotopic (exact) mass is 365 g/mol. The fourth-order valence-electron chi connectivity index (χ4n) is 2.89. The van der Waals surface area contributed by atoms with E-state index in [0.717, 1.165) is 16.8 Å². The first kappa shape index (κ1) is 16.4. The molecule has 1 aromatic heterocycles. The molecule has 26 heavy (non-hydrogen) atoms. The Morgan fingerprint density at radius 2 is 1.88 bits per heavy atom. The van der Waals surface area contributed by atoms with E-state index >= 15 is 0 Å². The minimum atomic E-state index is -0.213. The molecule has 0 bridgehead atoms. The van der Waals surface area contributed by atoms with Crippen LogP contribution in [0.4, 0.5) is 11.9 Å². The van der Waals surface area contributed by atoms with Crippen molar-refractivity contribution in [1.29, 1.82) is 0 Å². The summed E-state index contributed by atoms with van der Waals surface area (Å²) < 4.78 is 1.76. The van der Waals surface area contributed by atoms with Gasteiger partial charge in [-0.3, -0.25) is 10.1 Å². The van der Waals surface area contributed by atoms with E-state index in [1.807, 2.05) is 54.6 Å². The number of hydrogen-bond acceptors (Lipinski definition) is 4. The summed E-state index contributed by atoms with van der Waals surface area (Å²) in [5.74, 6) is 0.622. The smallest absolute Gasteiger partial charge is 0.250 e.